The first-order valence-corrected chi connectivity index (χ1v) is 6.73. The van der Waals surface area contributed by atoms with Gasteiger partial charge in [0.15, 0.2) is 0 Å². The lowest BCUT2D eigenvalue weighted by Gasteiger charge is -2.47. The van der Waals surface area contributed by atoms with Gasteiger partial charge in [-0.1, -0.05) is 19.1 Å². The topological polar surface area (TPSA) is 58.4 Å². The maximum absolute atomic E-state index is 11.7. The van der Waals surface area contributed by atoms with Crippen LogP contribution in [0.4, 0.5) is 5.69 Å². The quantitative estimate of drug-likeness (QED) is 0.487. The van der Waals surface area contributed by atoms with Gasteiger partial charge in [0.2, 0.25) is 0 Å². The fraction of sp³-hybridized carbons (Fsp3) is 0.533. The van der Waals surface area contributed by atoms with Gasteiger partial charge >= 0.3 is 0 Å². The second kappa shape index (κ2) is 4.85. The number of rotatable bonds is 2. The van der Waals surface area contributed by atoms with Crippen LogP contribution in [0.2, 0.25) is 0 Å². The number of benzene rings is 1. The van der Waals surface area contributed by atoms with E-state index in [-0.39, 0.29) is 11.4 Å². The highest BCUT2D eigenvalue weighted by Crippen LogP contribution is 2.43. The van der Waals surface area contributed by atoms with E-state index >= 15 is 0 Å². The van der Waals surface area contributed by atoms with E-state index in [4.69, 9.17) is 5.84 Å². The minimum Gasteiger partial charge on any atom is -0.357 e. The highest BCUT2D eigenvalue weighted by atomic mass is 16.2. The summed E-state index contributed by atoms with van der Waals surface area (Å²) in [6, 6.07) is 6.48. The molecule has 1 atom stereocenters. The number of anilines is 1. The van der Waals surface area contributed by atoms with Crippen LogP contribution in [0.1, 0.15) is 44.2 Å². The van der Waals surface area contributed by atoms with Crippen molar-refractivity contribution < 1.29 is 4.79 Å². The molecule has 2 rings (SSSR count). The zero-order valence-electron chi connectivity index (χ0n) is 12.2. The summed E-state index contributed by atoms with van der Waals surface area (Å²) in [5.41, 5.74) is 5.86. The van der Waals surface area contributed by atoms with Gasteiger partial charge in [0.25, 0.3) is 5.91 Å². The molecule has 0 spiro atoms. The predicted octanol–water partition coefficient (Wildman–Crippen LogP) is 2.08. The third kappa shape index (κ3) is 2.59. The zero-order chi connectivity index (χ0) is 14.2. The number of hydrogen-bond donors (Lipinski definition) is 2. The van der Waals surface area contributed by atoms with E-state index in [0.717, 1.165) is 12.1 Å². The minimum absolute atomic E-state index is 0.0489. The van der Waals surface area contributed by atoms with Gasteiger partial charge in [-0.25, -0.2) is 5.84 Å². The SMILES string of the molecule is Cc1ccc2c(c1)N(CC(=O)NN)C(C)(C)C[C@@H]2C. The van der Waals surface area contributed by atoms with E-state index < -0.39 is 0 Å². The summed E-state index contributed by atoms with van der Waals surface area (Å²) in [6.07, 6.45) is 1.03. The summed E-state index contributed by atoms with van der Waals surface area (Å²) in [5.74, 6) is 5.57. The smallest absolute Gasteiger partial charge is 0.253 e. The Bertz CT molecular complexity index is 496. The molecular weight excluding hydrogens is 238 g/mol. The van der Waals surface area contributed by atoms with Crippen LogP contribution in [-0.2, 0) is 4.79 Å². The number of amides is 1. The van der Waals surface area contributed by atoms with Crippen LogP contribution < -0.4 is 16.2 Å². The Morgan fingerprint density at radius 3 is 2.84 bits per heavy atom. The second-order valence-corrected chi connectivity index (χ2v) is 6.13. The molecule has 0 radical (unpaired) electrons. The van der Waals surface area contributed by atoms with Gasteiger partial charge in [-0.3, -0.25) is 10.2 Å². The Labute approximate surface area is 114 Å². The Morgan fingerprint density at radius 1 is 1.53 bits per heavy atom. The van der Waals surface area contributed by atoms with E-state index in [1.165, 1.54) is 11.1 Å². The van der Waals surface area contributed by atoms with Crippen molar-refractivity contribution in [1.29, 1.82) is 0 Å². The molecule has 0 saturated heterocycles. The Kier molecular flexibility index (Phi) is 3.54. The van der Waals surface area contributed by atoms with Crippen molar-refractivity contribution >= 4 is 11.6 Å². The lowest BCUT2D eigenvalue weighted by atomic mass is 9.79. The number of carbonyl (C=O) groups is 1. The van der Waals surface area contributed by atoms with Crippen LogP contribution in [0, 0.1) is 6.92 Å². The number of aryl methyl sites for hydroxylation is 1. The standard InChI is InChI=1S/C15H23N3O/c1-10-5-6-12-11(2)8-15(3,4)18(13(12)7-10)9-14(19)17-16/h5-7,11H,8-9,16H2,1-4H3,(H,17,19)/t11-/m0/s1. The predicted molar refractivity (Wildman–Crippen MR) is 78.0 cm³/mol. The molecule has 4 nitrogen and oxygen atoms in total. The Hall–Kier alpha value is -1.55. The number of nitrogens with one attached hydrogen (secondary N) is 1. The molecule has 1 heterocycles. The van der Waals surface area contributed by atoms with E-state index in [0.29, 0.717) is 12.5 Å². The average molecular weight is 261 g/mol. The molecular formula is C15H23N3O. The van der Waals surface area contributed by atoms with Crippen molar-refractivity contribution in [2.45, 2.75) is 45.6 Å². The Balaban J connectivity index is 2.47. The van der Waals surface area contributed by atoms with Crippen LogP contribution in [0.25, 0.3) is 0 Å². The van der Waals surface area contributed by atoms with Gasteiger partial charge in [0, 0.05) is 11.2 Å². The lowest BCUT2D eigenvalue weighted by molar-refractivity contribution is -0.120. The van der Waals surface area contributed by atoms with Gasteiger partial charge in [0.1, 0.15) is 0 Å². The molecule has 19 heavy (non-hydrogen) atoms. The van der Waals surface area contributed by atoms with E-state index in [1.54, 1.807) is 0 Å². The summed E-state index contributed by atoms with van der Waals surface area (Å²) in [7, 11) is 0. The first-order chi connectivity index (χ1) is 8.85. The van der Waals surface area contributed by atoms with Gasteiger partial charge in [0.05, 0.1) is 6.54 Å². The first kappa shape index (κ1) is 13.9. The maximum Gasteiger partial charge on any atom is 0.253 e. The third-order valence-corrected chi connectivity index (χ3v) is 4.01. The molecule has 0 unspecified atom stereocenters. The average Bonchev–Trinajstić information content (AvgIpc) is 2.33. The molecule has 1 aliphatic heterocycles. The third-order valence-electron chi connectivity index (χ3n) is 4.01. The van der Waals surface area contributed by atoms with Crippen molar-refractivity contribution in [3.05, 3.63) is 29.3 Å². The molecule has 1 aromatic carbocycles. The van der Waals surface area contributed by atoms with Crippen molar-refractivity contribution in [2.75, 3.05) is 11.4 Å². The summed E-state index contributed by atoms with van der Waals surface area (Å²) in [6.45, 7) is 8.98. The largest absolute Gasteiger partial charge is 0.357 e. The highest BCUT2D eigenvalue weighted by Gasteiger charge is 2.37. The van der Waals surface area contributed by atoms with Gasteiger partial charge in [-0.2, -0.15) is 0 Å². The summed E-state index contributed by atoms with van der Waals surface area (Å²) >= 11 is 0. The molecule has 0 aromatic heterocycles. The number of hydrogen-bond acceptors (Lipinski definition) is 3. The van der Waals surface area contributed by atoms with Crippen LogP contribution in [0.15, 0.2) is 18.2 Å². The second-order valence-electron chi connectivity index (χ2n) is 6.13. The fourth-order valence-corrected chi connectivity index (χ4v) is 3.09. The van der Waals surface area contributed by atoms with Crippen molar-refractivity contribution in [1.82, 2.24) is 5.43 Å². The fourth-order valence-electron chi connectivity index (χ4n) is 3.09. The number of carbonyl (C=O) groups excluding carboxylic acids is 1. The van der Waals surface area contributed by atoms with Crippen LogP contribution in [-0.4, -0.2) is 18.0 Å². The van der Waals surface area contributed by atoms with Crippen LogP contribution in [0.3, 0.4) is 0 Å². The molecule has 0 bridgehead atoms. The molecule has 104 valence electrons. The number of fused-ring (bicyclic) bond motifs is 1. The molecule has 1 amide bonds. The van der Waals surface area contributed by atoms with Crippen molar-refractivity contribution in [3.63, 3.8) is 0 Å². The summed E-state index contributed by atoms with van der Waals surface area (Å²) in [5, 5.41) is 0. The van der Waals surface area contributed by atoms with Crippen molar-refractivity contribution in [2.24, 2.45) is 5.84 Å². The molecule has 0 saturated carbocycles. The number of nitrogens with zero attached hydrogens (tertiary/aromatic N) is 1. The van der Waals surface area contributed by atoms with Crippen LogP contribution >= 0.6 is 0 Å². The van der Waals surface area contributed by atoms with Gasteiger partial charge < -0.3 is 4.90 Å². The summed E-state index contributed by atoms with van der Waals surface area (Å²) in [4.78, 5) is 13.8. The molecule has 4 heteroatoms. The summed E-state index contributed by atoms with van der Waals surface area (Å²) < 4.78 is 0. The Morgan fingerprint density at radius 2 is 2.21 bits per heavy atom. The molecule has 0 aliphatic carbocycles. The van der Waals surface area contributed by atoms with E-state index in [9.17, 15) is 4.79 Å². The molecule has 1 aliphatic rings. The molecule has 3 N–H and O–H groups in total. The van der Waals surface area contributed by atoms with Gasteiger partial charge in [-0.15, -0.1) is 0 Å². The van der Waals surface area contributed by atoms with E-state index in [2.05, 4.69) is 56.2 Å². The normalized spacial score (nSPS) is 20.9. The monoisotopic (exact) mass is 261 g/mol. The number of nitrogens with two attached hydrogens (primary N) is 1. The lowest BCUT2D eigenvalue weighted by Crippen LogP contribution is -2.53. The van der Waals surface area contributed by atoms with E-state index in [1.807, 2.05) is 0 Å². The number of hydrazine groups is 1. The minimum atomic E-state index is -0.157. The molecule has 0 fully saturated rings. The van der Waals surface area contributed by atoms with Crippen LogP contribution in [0.5, 0.6) is 0 Å². The zero-order valence-corrected chi connectivity index (χ0v) is 12.2. The first-order valence-electron chi connectivity index (χ1n) is 6.73. The van der Waals surface area contributed by atoms with Gasteiger partial charge in [-0.05, 0) is 50.3 Å². The molecule has 1 aromatic rings. The highest BCUT2D eigenvalue weighted by molar-refractivity contribution is 5.82. The maximum atomic E-state index is 11.7. The van der Waals surface area contributed by atoms with Crippen molar-refractivity contribution in [3.8, 4) is 0 Å².